The molecule has 3 N–H and O–H groups in total. The number of thioether (sulfide) groups is 1. The van der Waals surface area contributed by atoms with Gasteiger partial charge in [0.25, 0.3) is 11.6 Å². The predicted octanol–water partition coefficient (Wildman–Crippen LogP) is 4.13. The van der Waals surface area contributed by atoms with Crippen LogP contribution in [0.3, 0.4) is 0 Å². The van der Waals surface area contributed by atoms with E-state index in [9.17, 15) is 19.3 Å². The van der Waals surface area contributed by atoms with Crippen LogP contribution in [0.4, 0.5) is 15.8 Å². The van der Waals surface area contributed by atoms with E-state index in [0.717, 1.165) is 17.9 Å². The maximum absolute atomic E-state index is 13.9. The summed E-state index contributed by atoms with van der Waals surface area (Å²) in [6.45, 7) is 0.311. The summed E-state index contributed by atoms with van der Waals surface area (Å²) in [4.78, 5) is 22.3. The molecule has 0 unspecified atom stereocenters. The van der Waals surface area contributed by atoms with Crippen LogP contribution in [0.25, 0.3) is 10.8 Å². The number of nitrogens with zero attached hydrogens (tertiary/aromatic N) is 1. The lowest BCUT2D eigenvalue weighted by Crippen LogP contribution is -2.26. The van der Waals surface area contributed by atoms with Crippen LogP contribution in [0.15, 0.2) is 54.6 Å². The van der Waals surface area contributed by atoms with Crippen molar-refractivity contribution in [1.29, 1.82) is 0 Å². The van der Waals surface area contributed by atoms with Crippen LogP contribution in [0.1, 0.15) is 15.9 Å². The minimum atomic E-state index is -0.885. The monoisotopic (exact) mass is 399 g/mol. The third kappa shape index (κ3) is 4.40. The Kier molecular flexibility index (Phi) is 6.10. The Hall–Kier alpha value is -3.13. The number of nitrogens with one attached hydrogen (secondary N) is 1. The molecule has 3 aromatic rings. The van der Waals surface area contributed by atoms with E-state index >= 15 is 0 Å². The molecule has 6 nitrogen and oxygen atoms in total. The molecule has 0 spiro atoms. The number of nitrogens with two attached hydrogens (primary N) is 1. The summed E-state index contributed by atoms with van der Waals surface area (Å²) >= 11 is 1.64. The highest BCUT2D eigenvalue weighted by atomic mass is 32.2. The molecule has 0 aliphatic carbocycles. The molecule has 0 atom stereocenters. The van der Waals surface area contributed by atoms with Crippen molar-refractivity contribution >= 4 is 39.8 Å². The number of hydrogen-bond donors (Lipinski definition) is 2. The average molecular weight is 399 g/mol. The van der Waals surface area contributed by atoms with Crippen molar-refractivity contribution in [2.24, 2.45) is 0 Å². The Labute approximate surface area is 165 Å². The van der Waals surface area contributed by atoms with Gasteiger partial charge in [0, 0.05) is 30.2 Å². The van der Waals surface area contributed by atoms with Crippen molar-refractivity contribution in [3.63, 3.8) is 0 Å². The SMILES string of the molecule is Nc1cc(F)c(C(=O)NCCSCc2cccc3ccccc23)cc1[N+](=O)[O-]. The van der Waals surface area contributed by atoms with E-state index in [-0.39, 0.29) is 11.3 Å². The molecule has 8 heteroatoms. The Morgan fingerprint density at radius 3 is 2.71 bits per heavy atom. The first-order valence-electron chi connectivity index (χ1n) is 8.53. The average Bonchev–Trinajstić information content (AvgIpc) is 2.67. The zero-order valence-electron chi connectivity index (χ0n) is 14.9. The van der Waals surface area contributed by atoms with Crippen molar-refractivity contribution in [1.82, 2.24) is 5.32 Å². The van der Waals surface area contributed by atoms with Crippen molar-refractivity contribution < 1.29 is 14.1 Å². The fourth-order valence-corrected chi connectivity index (χ4v) is 3.70. The molecule has 28 heavy (non-hydrogen) atoms. The van der Waals surface area contributed by atoms with Gasteiger partial charge in [-0.1, -0.05) is 42.5 Å². The summed E-state index contributed by atoms with van der Waals surface area (Å²) in [5.41, 5.74) is 5.42. The van der Waals surface area contributed by atoms with Crippen LogP contribution in [0.2, 0.25) is 0 Å². The zero-order valence-corrected chi connectivity index (χ0v) is 15.7. The third-order valence-corrected chi connectivity index (χ3v) is 5.24. The molecule has 3 aromatic carbocycles. The Balaban J connectivity index is 1.55. The molecule has 0 bridgehead atoms. The Bertz CT molecular complexity index is 1040. The minimum absolute atomic E-state index is 0.311. The zero-order chi connectivity index (χ0) is 20.1. The lowest BCUT2D eigenvalue weighted by atomic mass is 10.1. The van der Waals surface area contributed by atoms with Gasteiger partial charge in [-0.05, 0) is 16.3 Å². The lowest BCUT2D eigenvalue weighted by Gasteiger charge is -2.08. The highest BCUT2D eigenvalue weighted by molar-refractivity contribution is 7.98. The Morgan fingerprint density at radius 1 is 1.18 bits per heavy atom. The number of carbonyl (C=O) groups excluding carboxylic acids is 1. The fraction of sp³-hybridized carbons (Fsp3) is 0.150. The van der Waals surface area contributed by atoms with Gasteiger partial charge in [0.05, 0.1) is 10.5 Å². The summed E-state index contributed by atoms with van der Waals surface area (Å²) in [6, 6.07) is 15.9. The first-order valence-corrected chi connectivity index (χ1v) is 9.69. The molecule has 0 aliphatic heterocycles. The van der Waals surface area contributed by atoms with E-state index < -0.39 is 22.3 Å². The number of nitro benzene ring substituents is 1. The molecule has 144 valence electrons. The molecule has 0 saturated heterocycles. The van der Waals surface area contributed by atoms with Gasteiger partial charge in [-0.2, -0.15) is 11.8 Å². The number of anilines is 1. The van der Waals surface area contributed by atoms with E-state index in [2.05, 4.69) is 29.6 Å². The number of amides is 1. The largest absolute Gasteiger partial charge is 0.393 e. The summed E-state index contributed by atoms with van der Waals surface area (Å²) in [5, 5.41) is 15.9. The van der Waals surface area contributed by atoms with Gasteiger partial charge in [-0.25, -0.2) is 4.39 Å². The van der Waals surface area contributed by atoms with E-state index in [0.29, 0.717) is 12.3 Å². The van der Waals surface area contributed by atoms with Crippen LogP contribution in [0.5, 0.6) is 0 Å². The summed E-state index contributed by atoms with van der Waals surface area (Å²) < 4.78 is 13.9. The topological polar surface area (TPSA) is 98.3 Å². The number of fused-ring (bicyclic) bond motifs is 1. The highest BCUT2D eigenvalue weighted by Gasteiger charge is 2.20. The van der Waals surface area contributed by atoms with Gasteiger partial charge in [-0.3, -0.25) is 14.9 Å². The Morgan fingerprint density at radius 2 is 1.93 bits per heavy atom. The summed E-state index contributed by atoms with van der Waals surface area (Å²) in [5.74, 6) is -0.192. The van der Waals surface area contributed by atoms with Gasteiger partial charge in [-0.15, -0.1) is 0 Å². The van der Waals surface area contributed by atoms with Crippen molar-refractivity contribution in [3.05, 3.63) is 81.7 Å². The number of benzene rings is 3. The number of hydrogen-bond acceptors (Lipinski definition) is 5. The van der Waals surface area contributed by atoms with E-state index in [1.807, 2.05) is 18.2 Å². The smallest absolute Gasteiger partial charge is 0.293 e. The standard InChI is InChI=1S/C20H18FN3O3S/c21-17-11-18(22)19(24(26)27)10-16(17)20(25)23-8-9-28-12-14-6-3-5-13-4-1-2-7-15(13)14/h1-7,10-11H,8-9,12,22H2,(H,23,25). The van der Waals surface area contributed by atoms with Crippen LogP contribution >= 0.6 is 11.8 Å². The minimum Gasteiger partial charge on any atom is -0.393 e. The van der Waals surface area contributed by atoms with Gasteiger partial charge < -0.3 is 11.1 Å². The van der Waals surface area contributed by atoms with Gasteiger partial charge in [0.1, 0.15) is 11.5 Å². The van der Waals surface area contributed by atoms with E-state index in [4.69, 9.17) is 5.73 Å². The molecule has 0 fully saturated rings. The highest BCUT2D eigenvalue weighted by Crippen LogP contribution is 2.25. The molecule has 0 saturated carbocycles. The molecule has 1 amide bonds. The first kappa shape index (κ1) is 19.6. The molecule has 0 aromatic heterocycles. The van der Waals surface area contributed by atoms with Crippen LogP contribution in [-0.2, 0) is 5.75 Å². The number of halogens is 1. The molecular weight excluding hydrogens is 381 g/mol. The maximum atomic E-state index is 13.9. The third-order valence-electron chi connectivity index (χ3n) is 4.23. The number of carbonyl (C=O) groups is 1. The molecule has 0 heterocycles. The molecule has 3 rings (SSSR count). The normalized spacial score (nSPS) is 10.8. The van der Waals surface area contributed by atoms with Crippen molar-refractivity contribution in [3.8, 4) is 0 Å². The first-order chi connectivity index (χ1) is 13.5. The maximum Gasteiger partial charge on any atom is 0.293 e. The second kappa shape index (κ2) is 8.71. The quantitative estimate of drug-likeness (QED) is 0.269. The van der Waals surface area contributed by atoms with E-state index in [1.54, 1.807) is 11.8 Å². The molecule has 0 aliphatic rings. The van der Waals surface area contributed by atoms with Gasteiger partial charge in [0.15, 0.2) is 0 Å². The molecular formula is C20H18FN3O3S. The van der Waals surface area contributed by atoms with Gasteiger partial charge >= 0.3 is 0 Å². The van der Waals surface area contributed by atoms with Crippen LogP contribution < -0.4 is 11.1 Å². The number of nitro groups is 1. The van der Waals surface area contributed by atoms with Gasteiger partial charge in [0.2, 0.25) is 0 Å². The van der Waals surface area contributed by atoms with Crippen molar-refractivity contribution in [2.45, 2.75) is 5.75 Å². The summed E-state index contributed by atoms with van der Waals surface area (Å²) in [7, 11) is 0. The fourth-order valence-electron chi connectivity index (χ4n) is 2.84. The lowest BCUT2D eigenvalue weighted by molar-refractivity contribution is -0.384. The second-order valence-electron chi connectivity index (χ2n) is 6.09. The predicted molar refractivity (Wildman–Crippen MR) is 110 cm³/mol. The second-order valence-corrected chi connectivity index (χ2v) is 7.20. The number of rotatable bonds is 7. The molecule has 0 radical (unpaired) electrons. The number of nitrogen functional groups attached to an aromatic ring is 1. The van der Waals surface area contributed by atoms with Crippen LogP contribution in [-0.4, -0.2) is 23.1 Å². The van der Waals surface area contributed by atoms with Crippen LogP contribution in [0, 0.1) is 15.9 Å². The van der Waals surface area contributed by atoms with E-state index in [1.165, 1.54) is 16.3 Å². The van der Waals surface area contributed by atoms with Crippen molar-refractivity contribution in [2.75, 3.05) is 18.0 Å². The summed E-state index contributed by atoms with van der Waals surface area (Å²) in [6.07, 6.45) is 0.